The van der Waals surface area contributed by atoms with Gasteiger partial charge < -0.3 is 19.3 Å². The van der Waals surface area contributed by atoms with E-state index >= 15 is 0 Å². The quantitative estimate of drug-likeness (QED) is 0.512. The van der Waals surface area contributed by atoms with Crippen molar-refractivity contribution in [2.24, 2.45) is 28.6 Å². The molecule has 7 nitrogen and oxygen atoms in total. The average molecular weight is 457 g/mol. The van der Waals surface area contributed by atoms with Crippen LogP contribution in [0.15, 0.2) is 35.6 Å². The summed E-state index contributed by atoms with van der Waals surface area (Å²) in [6.45, 7) is 8.35. The minimum absolute atomic E-state index is 0.0828. The second-order valence-electron chi connectivity index (χ2n) is 10.9. The van der Waals surface area contributed by atoms with Crippen molar-refractivity contribution < 1.29 is 33.7 Å². The Labute approximate surface area is 193 Å². The van der Waals surface area contributed by atoms with Crippen molar-refractivity contribution in [1.82, 2.24) is 0 Å². The lowest BCUT2D eigenvalue weighted by Gasteiger charge is -2.54. The Balaban J connectivity index is 1.50. The van der Waals surface area contributed by atoms with Gasteiger partial charge in [-0.1, -0.05) is 26.0 Å². The van der Waals surface area contributed by atoms with Gasteiger partial charge in [0.25, 0.3) is 0 Å². The summed E-state index contributed by atoms with van der Waals surface area (Å²) >= 11 is 0. The summed E-state index contributed by atoms with van der Waals surface area (Å²) < 4.78 is 16.8. The highest BCUT2D eigenvalue weighted by atomic mass is 16.6. The standard InChI is InChI=1S/C26H32O7/c1-14-10-20-19-7-6-17-11-18(32-16(3)28)8-9-23(17,4)26(19)22(33-26)12-24(20,5)25(14,30)21(29)13-31-15(2)27/h6,8-9,11,14,19-20,22,30H,7,10,12-13H2,1-5H3/t14-,19+,20+,22-,23+,24+,25+,26-/m1/s1. The monoisotopic (exact) mass is 456 g/mol. The van der Waals surface area contributed by atoms with Crippen LogP contribution in [0.2, 0.25) is 0 Å². The molecule has 1 spiro atoms. The summed E-state index contributed by atoms with van der Waals surface area (Å²) in [4.78, 5) is 35.9. The Bertz CT molecular complexity index is 1040. The van der Waals surface area contributed by atoms with Crippen LogP contribution in [0.3, 0.4) is 0 Å². The summed E-state index contributed by atoms with van der Waals surface area (Å²) in [5, 5.41) is 11.9. The fourth-order valence-corrected chi connectivity index (χ4v) is 7.84. The fraction of sp³-hybridized carbons (Fsp3) is 0.654. The second kappa shape index (κ2) is 6.89. The zero-order valence-electron chi connectivity index (χ0n) is 19.8. The first-order chi connectivity index (χ1) is 15.4. The van der Waals surface area contributed by atoms with Gasteiger partial charge in [0.2, 0.25) is 5.78 Å². The van der Waals surface area contributed by atoms with Gasteiger partial charge in [0, 0.05) is 24.7 Å². The lowest BCUT2D eigenvalue weighted by molar-refractivity contribution is -0.170. The summed E-state index contributed by atoms with van der Waals surface area (Å²) in [6, 6.07) is 0. The highest BCUT2D eigenvalue weighted by Crippen LogP contribution is 2.75. The van der Waals surface area contributed by atoms with E-state index in [2.05, 4.69) is 19.1 Å². The molecule has 8 atom stereocenters. The normalized spacial score (nSPS) is 46.6. The Morgan fingerprint density at radius 1 is 1.18 bits per heavy atom. The molecule has 1 N–H and O–H groups in total. The smallest absolute Gasteiger partial charge is 0.308 e. The molecule has 7 heteroatoms. The fourth-order valence-electron chi connectivity index (χ4n) is 7.84. The molecule has 1 saturated heterocycles. The van der Waals surface area contributed by atoms with Crippen LogP contribution in [0.4, 0.5) is 0 Å². The van der Waals surface area contributed by atoms with Crippen molar-refractivity contribution in [3.63, 3.8) is 0 Å². The molecule has 178 valence electrons. The zero-order chi connectivity index (χ0) is 24.0. The van der Waals surface area contributed by atoms with Crippen LogP contribution in [0.25, 0.3) is 0 Å². The van der Waals surface area contributed by atoms with E-state index in [0.29, 0.717) is 18.6 Å². The summed E-state index contributed by atoms with van der Waals surface area (Å²) in [7, 11) is 0. The van der Waals surface area contributed by atoms with E-state index in [1.165, 1.54) is 13.8 Å². The molecule has 0 radical (unpaired) electrons. The number of ether oxygens (including phenoxy) is 3. The SMILES string of the molecule is CC(=O)OCC(=O)[C@@]1(O)[C@H](C)C[C@H]2[C@@H]3CC=C4C=C(OC(C)=O)C=C[C@]4(C)[C@@]34O[C@@H]4C[C@@]21C. The minimum Gasteiger partial charge on any atom is -0.458 e. The predicted molar refractivity (Wildman–Crippen MR) is 117 cm³/mol. The number of hydrogen-bond acceptors (Lipinski definition) is 7. The number of Topliss-reactive ketones (excluding diaryl/α,β-unsaturated/α-hetero) is 1. The van der Waals surface area contributed by atoms with Crippen LogP contribution < -0.4 is 0 Å². The van der Waals surface area contributed by atoms with E-state index in [-0.39, 0.29) is 35.2 Å². The lowest BCUT2D eigenvalue weighted by atomic mass is 9.48. The molecule has 0 aromatic heterocycles. The van der Waals surface area contributed by atoms with Crippen molar-refractivity contribution >= 4 is 17.7 Å². The number of epoxide rings is 1. The number of carbonyl (C=O) groups excluding carboxylic acids is 3. The summed E-state index contributed by atoms with van der Waals surface area (Å²) in [6.07, 6.45) is 9.99. The number of rotatable bonds is 4. The van der Waals surface area contributed by atoms with Gasteiger partial charge in [0.05, 0.1) is 6.10 Å². The number of esters is 2. The number of aliphatic hydroxyl groups is 1. The number of carbonyl (C=O) groups is 3. The Kier molecular flexibility index (Phi) is 4.70. The zero-order valence-corrected chi connectivity index (χ0v) is 19.8. The molecule has 0 bridgehead atoms. The molecular weight excluding hydrogens is 424 g/mol. The summed E-state index contributed by atoms with van der Waals surface area (Å²) in [5.41, 5.74) is -1.94. The molecule has 1 heterocycles. The first-order valence-electron chi connectivity index (χ1n) is 11.8. The van der Waals surface area contributed by atoms with Crippen molar-refractivity contribution in [1.29, 1.82) is 0 Å². The van der Waals surface area contributed by atoms with Crippen molar-refractivity contribution in [2.75, 3.05) is 6.61 Å². The third-order valence-corrected chi connectivity index (χ3v) is 9.39. The molecule has 4 aliphatic carbocycles. The van der Waals surface area contributed by atoms with Crippen molar-refractivity contribution in [3.05, 3.63) is 35.6 Å². The van der Waals surface area contributed by atoms with Gasteiger partial charge in [-0.05, 0) is 61.7 Å². The van der Waals surface area contributed by atoms with Crippen LogP contribution in [-0.2, 0) is 28.6 Å². The number of hydrogen-bond donors (Lipinski definition) is 1. The topological polar surface area (TPSA) is 102 Å². The largest absolute Gasteiger partial charge is 0.458 e. The maximum absolute atomic E-state index is 13.2. The molecule has 5 aliphatic rings. The molecule has 0 aromatic carbocycles. The molecule has 0 amide bonds. The molecular formula is C26H32O7. The van der Waals surface area contributed by atoms with Crippen LogP contribution >= 0.6 is 0 Å². The second-order valence-corrected chi connectivity index (χ2v) is 10.9. The molecule has 2 saturated carbocycles. The molecule has 0 aromatic rings. The van der Waals surface area contributed by atoms with Crippen LogP contribution in [0, 0.1) is 28.6 Å². The highest BCUT2D eigenvalue weighted by molar-refractivity contribution is 5.91. The first-order valence-corrected chi connectivity index (χ1v) is 11.8. The van der Waals surface area contributed by atoms with Crippen LogP contribution in [-0.4, -0.2) is 46.7 Å². The molecule has 1 aliphatic heterocycles. The Morgan fingerprint density at radius 2 is 1.91 bits per heavy atom. The lowest BCUT2D eigenvalue weighted by Crippen LogP contribution is -2.62. The summed E-state index contributed by atoms with van der Waals surface area (Å²) in [5.74, 6) is -0.808. The molecule has 0 unspecified atom stereocenters. The van der Waals surface area contributed by atoms with Crippen LogP contribution in [0.1, 0.15) is 53.9 Å². The van der Waals surface area contributed by atoms with Gasteiger partial charge in [0.15, 0.2) is 6.61 Å². The van der Waals surface area contributed by atoms with Gasteiger partial charge in [0.1, 0.15) is 17.0 Å². The third-order valence-electron chi connectivity index (χ3n) is 9.39. The van der Waals surface area contributed by atoms with E-state index in [4.69, 9.17) is 14.2 Å². The van der Waals surface area contributed by atoms with Crippen LogP contribution in [0.5, 0.6) is 0 Å². The van der Waals surface area contributed by atoms with Gasteiger partial charge in [-0.2, -0.15) is 0 Å². The highest BCUT2D eigenvalue weighted by Gasteiger charge is 2.81. The van der Waals surface area contributed by atoms with Gasteiger partial charge in [-0.15, -0.1) is 0 Å². The maximum atomic E-state index is 13.2. The number of allylic oxidation sites excluding steroid dienone is 3. The van der Waals surface area contributed by atoms with Gasteiger partial charge in [-0.25, -0.2) is 0 Å². The Hall–Kier alpha value is -2.25. The minimum atomic E-state index is -1.57. The average Bonchev–Trinajstić information content (AvgIpc) is 3.41. The molecule has 5 rings (SSSR count). The van der Waals surface area contributed by atoms with Crippen molar-refractivity contribution in [3.8, 4) is 0 Å². The van der Waals surface area contributed by atoms with E-state index in [9.17, 15) is 19.5 Å². The van der Waals surface area contributed by atoms with E-state index < -0.39 is 35.0 Å². The first kappa shape index (κ1) is 22.5. The Morgan fingerprint density at radius 3 is 2.58 bits per heavy atom. The third kappa shape index (κ3) is 2.72. The van der Waals surface area contributed by atoms with Crippen molar-refractivity contribution in [2.45, 2.75) is 71.2 Å². The number of fused-ring (bicyclic) bond motifs is 3. The van der Waals surface area contributed by atoms with Gasteiger partial charge >= 0.3 is 11.9 Å². The van der Waals surface area contributed by atoms with E-state index in [1.54, 1.807) is 0 Å². The van der Waals surface area contributed by atoms with E-state index in [1.807, 2.05) is 26.0 Å². The predicted octanol–water partition coefficient (Wildman–Crippen LogP) is 3.02. The number of ketones is 1. The molecule has 3 fully saturated rings. The molecule has 33 heavy (non-hydrogen) atoms. The maximum Gasteiger partial charge on any atom is 0.308 e. The van der Waals surface area contributed by atoms with Gasteiger partial charge in [-0.3, -0.25) is 14.4 Å². The van der Waals surface area contributed by atoms with E-state index in [0.717, 1.165) is 12.0 Å².